The summed E-state index contributed by atoms with van der Waals surface area (Å²) in [6.45, 7) is 1.25. The fourth-order valence-electron chi connectivity index (χ4n) is 2.65. The zero-order valence-corrected chi connectivity index (χ0v) is 14.9. The maximum atomic E-state index is 12.4. The van der Waals surface area contributed by atoms with Gasteiger partial charge in [0.15, 0.2) is 0 Å². The van der Waals surface area contributed by atoms with Crippen molar-refractivity contribution >= 4 is 17.5 Å². The largest absolute Gasteiger partial charge is 0.341 e. The Morgan fingerprint density at radius 2 is 1.80 bits per heavy atom. The van der Waals surface area contributed by atoms with Gasteiger partial charge in [-0.3, -0.25) is 9.48 Å². The first-order valence-electron chi connectivity index (χ1n) is 8.14. The maximum absolute atomic E-state index is 12.4. The molecule has 0 atom stereocenters. The van der Waals surface area contributed by atoms with E-state index >= 15 is 0 Å². The highest BCUT2D eigenvalue weighted by Crippen LogP contribution is 2.16. The van der Waals surface area contributed by atoms with Gasteiger partial charge < -0.3 is 4.90 Å². The molecule has 0 spiro atoms. The van der Waals surface area contributed by atoms with E-state index in [1.165, 1.54) is 5.56 Å². The number of carbonyl (C=O) groups excluding carboxylic acids is 1. The number of hydrogen-bond donors (Lipinski definition) is 0. The van der Waals surface area contributed by atoms with E-state index in [0.29, 0.717) is 18.0 Å². The highest BCUT2D eigenvalue weighted by Gasteiger charge is 2.13. The second-order valence-electron chi connectivity index (χ2n) is 6.05. The molecule has 128 valence electrons. The summed E-state index contributed by atoms with van der Waals surface area (Å²) < 4.78 is 1.89. The van der Waals surface area contributed by atoms with E-state index < -0.39 is 0 Å². The van der Waals surface area contributed by atoms with Crippen molar-refractivity contribution in [1.29, 1.82) is 0 Å². The third-order valence-electron chi connectivity index (χ3n) is 4.02. The van der Waals surface area contributed by atoms with E-state index in [1.807, 2.05) is 53.5 Å². The lowest BCUT2D eigenvalue weighted by molar-refractivity contribution is -0.129. The molecular formula is C20H20ClN3O. The Bertz CT molecular complexity index is 845. The highest BCUT2D eigenvalue weighted by atomic mass is 35.5. The van der Waals surface area contributed by atoms with E-state index in [4.69, 9.17) is 11.6 Å². The maximum Gasteiger partial charge on any atom is 0.227 e. The minimum absolute atomic E-state index is 0.0314. The lowest BCUT2D eigenvalue weighted by atomic mass is 10.1. The molecule has 0 aliphatic carbocycles. The van der Waals surface area contributed by atoms with Crippen LogP contribution in [-0.4, -0.2) is 27.6 Å². The van der Waals surface area contributed by atoms with Gasteiger partial charge in [0, 0.05) is 30.4 Å². The van der Waals surface area contributed by atoms with Gasteiger partial charge in [0.05, 0.1) is 19.2 Å². The SMILES string of the molecule is CN(Cc1cnn(Cc2ccccc2)c1)C(=O)Cc1ccccc1Cl. The Hall–Kier alpha value is -2.59. The average molecular weight is 354 g/mol. The zero-order chi connectivity index (χ0) is 17.6. The molecule has 0 fully saturated rings. The van der Waals surface area contributed by atoms with Gasteiger partial charge in [-0.2, -0.15) is 5.10 Å². The summed E-state index contributed by atoms with van der Waals surface area (Å²) in [5.74, 6) is 0.0314. The highest BCUT2D eigenvalue weighted by molar-refractivity contribution is 6.31. The Balaban J connectivity index is 1.58. The van der Waals surface area contributed by atoms with Crippen LogP contribution >= 0.6 is 11.6 Å². The zero-order valence-electron chi connectivity index (χ0n) is 14.1. The number of amides is 1. The molecule has 1 aromatic heterocycles. The van der Waals surface area contributed by atoms with E-state index in [1.54, 1.807) is 18.0 Å². The Labute approximate surface area is 152 Å². The van der Waals surface area contributed by atoms with Gasteiger partial charge in [0.2, 0.25) is 5.91 Å². The van der Waals surface area contributed by atoms with Crippen molar-refractivity contribution < 1.29 is 4.79 Å². The van der Waals surface area contributed by atoms with Crippen LogP contribution in [0.4, 0.5) is 0 Å². The van der Waals surface area contributed by atoms with E-state index in [0.717, 1.165) is 17.7 Å². The molecule has 25 heavy (non-hydrogen) atoms. The van der Waals surface area contributed by atoms with Crippen LogP contribution in [0.5, 0.6) is 0 Å². The molecule has 2 aromatic carbocycles. The average Bonchev–Trinajstić information content (AvgIpc) is 3.04. The molecule has 1 amide bonds. The molecule has 3 aromatic rings. The number of benzene rings is 2. The minimum atomic E-state index is 0.0314. The van der Waals surface area contributed by atoms with Gasteiger partial charge >= 0.3 is 0 Å². The van der Waals surface area contributed by atoms with Crippen molar-refractivity contribution in [3.05, 3.63) is 88.7 Å². The third-order valence-corrected chi connectivity index (χ3v) is 4.39. The molecule has 0 bridgehead atoms. The van der Waals surface area contributed by atoms with Crippen LogP contribution < -0.4 is 0 Å². The molecule has 0 saturated heterocycles. The second-order valence-corrected chi connectivity index (χ2v) is 6.46. The summed E-state index contributed by atoms with van der Waals surface area (Å²) in [4.78, 5) is 14.1. The Kier molecular flexibility index (Phi) is 5.51. The van der Waals surface area contributed by atoms with Crippen molar-refractivity contribution in [2.75, 3.05) is 7.05 Å². The first kappa shape index (κ1) is 17.2. The molecule has 0 radical (unpaired) electrons. The van der Waals surface area contributed by atoms with Crippen LogP contribution in [-0.2, 0) is 24.3 Å². The molecule has 5 heteroatoms. The normalized spacial score (nSPS) is 10.6. The predicted octanol–water partition coefficient (Wildman–Crippen LogP) is 3.79. The topological polar surface area (TPSA) is 38.1 Å². The van der Waals surface area contributed by atoms with Crippen LogP contribution in [0.3, 0.4) is 0 Å². The Morgan fingerprint density at radius 1 is 1.08 bits per heavy atom. The fourth-order valence-corrected chi connectivity index (χ4v) is 2.85. The van der Waals surface area contributed by atoms with Crippen LogP contribution in [0.1, 0.15) is 16.7 Å². The Morgan fingerprint density at radius 3 is 2.56 bits per heavy atom. The van der Waals surface area contributed by atoms with E-state index in [2.05, 4.69) is 17.2 Å². The van der Waals surface area contributed by atoms with Gasteiger partial charge in [0.25, 0.3) is 0 Å². The van der Waals surface area contributed by atoms with Crippen molar-refractivity contribution in [1.82, 2.24) is 14.7 Å². The third kappa shape index (κ3) is 4.70. The lowest BCUT2D eigenvalue weighted by Gasteiger charge is -2.16. The van der Waals surface area contributed by atoms with E-state index in [9.17, 15) is 4.79 Å². The summed E-state index contributed by atoms with van der Waals surface area (Å²) >= 11 is 6.13. The van der Waals surface area contributed by atoms with Gasteiger partial charge in [0.1, 0.15) is 0 Å². The smallest absolute Gasteiger partial charge is 0.227 e. The number of hydrogen-bond acceptors (Lipinski definition) is 2. The molecule has 4 nitrogen and oxygen atoms in total. The number of likely N-dealkylation sites (N-methyl/N-ethyl adjacent to an activating group) is 1. The molecule has 1 heterocycles. The lowest BCUT2D eigenvalue weighted by Crippen LogP contribution is -2.27. The second kappa shape index (κ2) is 7.99. The van der Waals surface area contributed by atoms with Gasteiger partial charge in [-0.25, -0.2) is 0 Å². The quantitative estimate of drug-likeness (QED) is 0.676. The number of rotatable bonds is 6. The number of carbonyl (C=O) groups is 1. The number of nitrogens with zero attached hydrogens (tertiary/aromatic N) is 3. The summed E-state index contributed by atoms with van der Waals surface area (Å²) in [7, 11) is 1.80. The summed E-state index contributed by atoms with van der Waals surface area (Å²) in [6.07, 6.45) is 4.09. The van der Waals surface area contributed by atoms with Crippen LogP contribution in [0.2, 0.25) is 5.02 Å². The molecular weight excluding hydrogens is 334 g/mol. The predicted molar refractivity (Wildman–Crippen MR) is 99.4 cm³/mol. The standard InChI is InChI=1S/C20H20ClN3O/c1-23(20(25)11-18-9-5-6-10-19(18)21)13-17-12-22-24(15-17)14-16-7-3-2-4-8-16/h2-10,12,15H,11,13-14H2,1H3. The van der Waals surface area contributed by atoms with E-state index in [-0.39, 0.29) is 5.91 Å². The van der Waals surface area contributed by atoms with Gasteiger partial charge in [-0.1, -0.05) is 60.1 Å². The molecule has 0 N–H and O–H groups in total. The molecule has 0 saturated carbocycles. The van der Waals surface area contributed by atoms with Crippen molar-refractivity contribution in [3.8, 4) is 0 Å². The molecule has 0 aliphatic rings. The number of aromatic nitrogens is 2. The minimum Gasteiger partial charge on any atom is -0.341 e. The number of halogens is 1. The first-order valence-corrected chi connectivity index (χ1v) is 8.52. The van der Waals surface area contributed by atoms with Crippen molar-refractivity contribution in [2.45, 2.75) is 19.5 Å². The summed E-state index contributed by atoms with van der Waals surface area (Å²) in [6, 6.07) is 17.6. The van der Waals surface area contributed by atoms with Crippen molar-refractivity contribution in [2.24, 2.45) is 0 Å². The summed E-state index contributed by atoms with van der Waals surface area (Å²) in [5, 5.41) is 5.00. The molecule has 0 aliphatic heterocycles. The monoisotopic (exact) mass is 353 g/mol. The molecule has 3 rings (SSSR count). The molecule has 0 unspecified atom stereocenters. The van der Waals surface area contributed by atoms with Crippen LogP contribution in [0.25, 0.3) is 0 Å². The fraction of sp³-hybridized carbons (Fsp3) is 0.200. The van der Waals surface area contributed by atoms with Crippen LogP contribution in [0, 0.1) is 0 Å². The first-order chi connectivity index (χ1) is 12.1. The summed E-state index contributed by atoms with van der Waals surface area (Å²) in [5.41, 5.74) is 3.05. The van der Waals surface area contributed by atoms with Crippen molar-refractivity contribution in [3.63, 3.8) is 0 Å². The van der Waals surface area contributed by atoms with Gasteiger partial charge in [-0.05, 0) is 17.2 Å². The van der Waals surface area contributed by atoms with Crippen LogP contribution in [0.15, 0.2) is 67.0 Å². The van der Waals surface area contributed by atoms with Gasteiger partial charge in [-0.15, -0.1) is 0 Å².